The van der Waals surface area contributed by atoms with Gasteiger partial charge >= 0.3 is 0 Å². The van der Waals surface area contributed by atoms with Gasteiger partial charge in [0.25, 0.3) is 0 Å². The van der Waals surface area contributed by atoms with E-state index in [4.69, 9.17) is 4.74 Å². The number of hydrogen-bond acceptors (Lipinski definition) is 2. The summed E-state index contributed by atoms with van der Waals surface area (Å²) in [5.41, 5.74) is 1.35. The molecule has 0 aromatic heterocycles. The first kappa shape index (κ1) is 22.1. The van der Waals surface area contributed by atoms with Gasteiger partial charge in [0.05, 0.1) is 6.61 Å². The third-order valence-corrected chi connectivity index (χ3v) is 3.66. The molecule has 0 amide bonds. The molecule has 0 aliphatic rings. The Morgan fingerprint density at radius 2 is 1.77 bits per heavy atom. The summed E-state index contributed by atoms with van der Waals surface area (Å²) in [7, 11) is 1.66. The van der Waals surface area contributed by atoms with Crippen LogP contribution in [0.4, 0.5) is 8.78 Å². The SMILES string of the molecule is CCOc1ccccc1CNC(=NC)NCCc1cccc(F)c1F.I. The van der Waals surface area contributed by atoms with Crippen LogP contribution in [0, 0.1) is 11.6 Å². The third-order valence-electron chi connectivity index (χ3n) is 3.66. The van der Waals surface area contributed by atoms with E-state index in [1.54, 1.807) is 13.1 Å². The highest BCUT2D eigenvalue weighted by Crippen LogP contribution is 2.17. The fourth-order valence-electron chi connectivity index (χ4n) is 2.40. The van der Waals surface area contributed by atoms with E-state index < -0.39 is 11.6 Å². The largest absolute Gasteiger partial charge is 0.494 e. The van der Waals surface area contributed by atoms with Gasteiger partial charge in [-0.1, -0.05) is 30.3 Å². The van der Waals surface area contributed by atoms with E-state index in [1.807, 2.05) is 31.2 Å². The highest BCUT2D eigenvalue weighted by Gasteiger charge is 2.08. The smallest absolute Gasteiger partial charge is 0.191 e. The van der Waals surface area contributed by atoms with E-state index in [-0.39, 0.29) is 24.0 Å². The monoisotopic (exact) mass is 475 g/mol. The Hall–Kier alpha value is -1.90. The topological polar surface area (TPSA) is 45.6 Å². The Labute approximate surface area is 170 Å². The second-order valence-electron chi connectivity index (χ2n) is 5.36. The molecule has 0 saturated heterocycles. The minimum absolute atomic E-state index is 0. The highest BCUT2D eigenvalue weighted by molar-refractivity contribution is 14.0. The van der Waals surface area contributed by atoms with E-state index in [1.165, 1.54) is 6.07 Å². The minimum atomic E-state index is -0.826. The summed E-state index contributed by atoms with van der Waals surface area (Å²) in [6.07, 6.45) is 0.361. The maximum absolute atomic E-state index is 13.6. The zero-order valence-electron chi connectivity index (χ0n) is 14.9. The lowest BCUT2D eigenvalue weighted by Gasteiger charge is -2.14. The average Bonchev–Trinajstić information content (AvgIpc) is 2.63. The van der Waals surface area contributed by atoms with Gasteiger partial charge in [0, 0.05) is 25.7 Å². The van der Waals surface area contributed by atoms with Crippen LogP contribution < -0.4 is 15.4 Å². The Morgan fingerprint density at radius 1 is 1.04 bits per heavy atom. The summed E-state index contributed by atoms with van der Waals surface area (Å²) in [4.78, 5) is 4.14. The van der Waals surface area contributed by atoms with Gasteiger partial charge in [-0.2, -0.15) is 0 Å². The quantitative estimate of drug-likeness (QED) is 0.363. The number of para-hydroxylation sites is 1. The lowest BCUT2D eigenvalue weighted by molar-refractivity contribution is 0.336. The minimum Gasteiger partial charge on any atom is -0.494 e. The molecule has 2 aromatic carbocycles. The summed E-state index contributed by atoms with van der Waals surface area (Å²) < 4.78 is 32.4. The lowest BCUT2D eigenvalue weighted by Crippen LogP contribution is -2.38. The van der Waals surface area contributed by atoms with Crippen molar-refractivity contribution < 1.29 is 13.5 Å². The van der Waals surface area contributed by atoms with Crippen molar-refractivity contribution in [2.24, 2.45) is 4.99 Å². The average molecular weight is 475 g/mol. The van der Waals surface area contributed by atoms with Gasteiger partial charge in [-0.15, -0.1) is 24.0 Å². The van der Waals surface area contributed by atoms with E-state index in [0.717, 1.165) is 17.4 Å². The number of hydrogen-bond donors (Lipinski definition) is 2. The predicted molar refractivity (Wildman–Crippen MR) is 111 cm³/mol. The van der Waals surface area contributed by atoms with E-state index in [9.17, 15) is 8.78 Å². The fraction of sp³-hybridized carbons (Fsp3) is 0.316. The highest BCUT2D eigenvalue weighted by atomic mass is 127. The van der Waals surface area contributed by atoms with Crippen molar-refractivity contribution in [3.05, 3.63) is 65.2 Å². The first-order chi connectivity index (χ1) is 12.2. The maximum atomic E-state index is 13.6. The van der Waals surface area contributed by atoms with Gasteiger partial charge < -0.3 is 15.4 Å². The summed E-state index contributed by atoms with van der Waals surface area (Å²) >= 11 is 0. The van der Waals surface area contributed by atoms with E-state index in [2.05, 4.69) is 15.6 Å². The van der Waals surface area contributed by atoms with Crippen molar-refractivity contribution >= 4 is 29.9 Å². The van der Waals surface area contributed by atoms with Gasteiger partial charge in [0.15, 0.2) is 17.6 Å². The summed E-state index contributed by atoms with van der Waals surface area (Å²) in [5.74, 6) is -0.205. The number of nitrogens with one attached hydrogen (secondary N) is 2. The molecular weight excluding hydrogens is 451 g/mol. The van der Waals surface area contributed by atoms with Crippen LogP contribution in [0.3, 0.4) is 0 Å². The molecule has 0 atom stereocenters. The molecule has 0 unspecified atom stereocenters. The molecule has 0 aliphatic heterocycles. The van der Waals surface area contributed by atoms with Gasteiger partial charge in [0.1, 0.15) is 5.75 Å². The fourth-order valence-corrected chi connectivity index (χ4v) is 2.40. The summed E-state index contributed by atoms with van der Waals surface area (Å²) in [5, 5.41) is 6.28. The predicted octanol–water partition coefficient (Wildman–Crippen LogP) is 3.89. The van der Waals surface area contributed by atoms with Gasteiger partial charge in [-0.3, -0.25) is 4.99 Å². The molecule has 2 aromatic rings. The van der Waals surface area contributed by atoms with Crippen molar-refractivity contribution in [2.75, 3.05) is 20.2 Å². The van der Waals surface area contributed by atoms with E-state index >= 15 is 0 Å². The number of guanidine groups is 1. The second kappa shape index (κ2) is 11.7. The van der Waals surface area contributed by atoms with Crippen LogP contribution >= 0.6 is 24.0 Å². The number of rotatable bonds is 7. The molecule has 7 heteroatoms. The van der Waals surface area contributed by atoms with Crippen molar-refractivity contribution in [3.63, 3.8) is 0 Å². The molecule has 0 saturated carbocycles. The van der Waals surface area contributed by atoms with Gasteiger partial charge in [0.2, 0.25) is 0 Å². The van der Waals surface area contributed by atoms with Gasteiger partial charge in [-0.05, 0) is 31.0 Å². The molecule has 0 fully saturated rings. The molecule has 0 heterocycles. The molecule has 0 aliphatic carbocycles. The zero-order valence-corrected chi connectivity index (χ0v) is 17.2. The molecule has 0 bridgehead atoms. The molecule has 0 spiro atoms. The van der Waals surface area contributed by atoms with Crippen molar-refractivity contribution in [1.82, 2.24) is 10.6 Å². The molecule has 0 radical (unpaired) electrons. The van der Waals surface area contributed by atoms with Crippen LogP contribution in [0.15, 0.2) is 47.5 Å². The molecule has 2 N–H and O–H groups in total. The number of ether oxygens (including phenoxy) is 1. The Balaban J connectivity index is 0.00000338. The van der Waals surface area contributed by atoms with Gasteiger partial charge in [-0.25, -0.2) is 8.78 Å². The molecule has 4 nitrogen and oxygen atoms in total. The number of benzene rings is 2. The van der Waals surface area contributed by atoms with Crippen LogP contribution in [-0.2, 0) is 13.0 Å². The lowest BCUT2D eigenvalue weighted by atomic mass is 10.1. The summed E-state index contributed by atoms with van der Waals surface area (Å²) in [6, 6.07) is 12.0. The van der Waals surface area contributed by atoms with Crippen LogP contribution in [0.1, 0.15) is 18.1 Å². The standard InChI is InChI=1S/C19H23F2N3O.HI/c1-3-25-17-10-5-4-7-15(17)13-24-19(22-2)23-12-11-14-8-6-9-16(20)18(14)21;/h4-10H,3,11-13H2,1-2H3,(H2,22,23,24);1H. The van der Waals surface area contributed by atoms with Crippen molar-refractivity contribution in [1.29, 1.82) is 0 Å². The first-order valence-electron chi connectivity index (χ1n) is 8.23. The maximum Gasteiger partial charge on any atom is 0.191 e. The molecular formula is C19H24F2IN3O. The van der Waals surface area contributed by atoms with Crippen LogP contribution in [-0.4, -0.2) is 26.2 Å². The van der Waals surface area contributed by atoms with E-state index in [0.29, 0.717) is 37.6 Å². The van der Waals surface area contributed by atoms with Crippen LogP contribution in [0.5, 0.6) is 5.75 Å². The molecule has 26 heavy (non-hydrogen) atoms. The summed E-state index contributed by atoms with van der Waals surface area (Å²) in [6.45, 7) is 3.52. The van der Waals surface area contributed by atoms with Crippen LogP contribution in [0.2, 0.25) is 0 Å². The zero-order chi connectivity index (χ0) is 18.1. The number of aliphatic imine (C=N–C) groups is 1. The first-order valence-corrected chi connectivity index (χ1v) is 8.23. The second-order valence-corrected chi connectivity index (χ2v) is 5.36. The normalized spacial score (nSPS) is 10.8. The Morgan fingerprint density at radius 3 is 2.50 bits per heavy atom. The number of nitrogens with zero attached hydrogens (tertiary/aromatic N) is 1. The van der Waals surface area contributed by atoms with Crippen LogP contribution in [0.25, 0.3) is 0 Å². The Kier molecular flexibility index (Phi) is 9.93. The third kappa shape index (κ3) is 6.44. The Bertz CT molecular complexity index is 726. The van der Waals surface area contributed by atoms with Crippen molar-refractivity contribution in [3.8, 4) is 5.75 Å². The molecule has 2 rings (SSSR count). The van der Waals surface area contributed by atoms with Crippen molar-refractivity contribution in [2.45, 2.75) is 19.9 Å². The number of halogens is 3. The molecule has 142 valence electrons.